The van der Waals surface area contributed by atoms with E-state index >= 15 is 0 Å². The van der Waals surface area contributed by atoms with E-state index in [1.807, 2.05) is 6.07 Å². The summed E-state index contributed by atoms with van der Waals surface area (Å²) in [5.74, 6) is 1.19. The minimum absolute atomic E-state index is 0.294. The van der Waals surface area contributed by atoms with E-state index in [1.54, 1.807) is 0 Å². The zero-order valence-corrected chi connectivity index (χ0v) is 11.1. The van der Waals surface area contributed by atoms with Crippen LogP contribution in [-0.2, 0) is 0 Å². The number of hydrogen-bond donors (Lipinski definition) is 1. The lowest BCUT2D eigenvalue weighted by atomic mass is 9.87. The monoisotopic (exact) mass is 231 g/mol. The second-order valence-electron chi connectivity index (χ2n) is 5.59. The number of fused-ring (bicyclic) bond motifs is 1. The van der Waals surface area contributed by atoms with Crippen LogP contribution in [0.1, 0.15) is 78.9 Å². The molecule has 2 heteroatoms. The first-order valence-corrected chi connectivity index (χ1v) is 6.40. The van der Waals surface area contributed by atoms with Crippen LogP contribution < -0.4 is 5.73 Å². The van der Waals surface area contributed by atoms with Crippen molar-refractivity contribution in [2.24, 2.45) is 5.73 Å². The number of amides is 1. The van der Waals surface area contributed by atoms with Crippen LogP contribution in [0.15, 0.2) is 12.1 Å². The van der Waals surface area contributed by atoms with Gasteiger partial charge in [0.05, 0.1) is 0 Å². The molecular weight excluding hydrogens is 210 g/mol. The Balaban J connectivity index is 2.70. The zero-order valence-electron chi connectivity index (χ0n) is 11.1. The number of carbonyl (C=O) groups is 1. The van der Waals surface area contributed by atoms with Crippen molar-refractivity contribution in [2.75, 3.05) is 0 Å². The van der Waals surface area contributed by atoms with E-state index in [2.05, 4.69) is 33.8 Å². The topological polar surface area (TPSA) is 43.1 Å². The van der Waals surface area contributed by atoms with Gasteiger partial charge in [-0.05, 0) is 46.9 Å². The maximum Gasteiger partial charge on any atom is 0.248 e. The van der Waals surface area contributed by atoms with Gasteiger partial charge < -0.3 is 5.73 Å². The highest BCUT2D eigenvalue weighted by molar-refractivity contribution is 5.95. The quantitative estimate of drug-likeness (QED) is 0.831. The molecule has 1 amide bonds. The van der Waals surface area contributed by atoms with Gasteiger partial charge in [0.1, 0.15) is 0 Å². The minimum Gasteiger partial charge on any atom is -0.366 e. The molecule has 0 heterocycles. The molecule has 17 heavy (non-hydrogen) atoms. The van der Waals surface area contributed by atoms with Gasteiger partial charge in [0.2, 0.25) is 5.91 Å². The summed E-state index contributed by atoms with van der Waals surface area (Å²) < 4.78 is 0. The molecule has 0 radical (unpaired) electrons. The molecule has 2 nitrogen and oxygen atoms in total. The molecule has 0 bridgehead atoms. The van der Waals surface area contributed by atoms with Crippen LogP contribution in [0.2, 0.25) is 0 Å². The normalized spacial score (nSPS) is 22.9. The highest BCUT2D eigenvalue weighted by atomic mass is 16.1. The molecule has 2 unspecified atom stereocenters. The van der Waals surface area contributed by atoms with Crippen molar-refractivity contribution in [1.82, 2.24) is 0 Å². The number of carbonyl (C=O) groups excluding carboxylic acids is 1. The Morgan fingerprint density at radius 1 is 1.24 bits per heavy atom. The predicted octanol–water partition coefficient (Wildman–Crippen LogP) is 3.52. The number of hydrogen-bond acceptors (Lipinski definition) is 1. The summed E-state index contributed by atoms with van der Waals surface area (Å²) in [7, 11) is 0. The summed E-state index contributed by atoms with van der Waals surface area (Å²) in [5.41, 5.74) is 10.2. The smallest absolute Gasteiger partial charge is 0.248 e. The van der Waals surface area contributed by atoms with Gasteiger partial charge in [-0.15, -0.1) is 0 Å². The van der Waals surface area contributed by atoms with Crippen molar-refractivity contribution in [3.05, 3.63) is 34.4 Å². The molecule has 1 aliphatic carbocycles. The molecule has 2 rings (SSSR count). The molecule has 92 valence electrons. The molecule has 0 saturated heterocycles. The van der Waals surface area contributed by atoms with Gasteiger partial charge in [0, 0.05) is 5.56 Å². The third kappa shape index (κ3) is 1.86. The lowest BCUT2D eigenvalue weighted by Gasteiger charge is -2.17. The van der Waals surface area contributed by atoms with Crippen LogP contribution in [0.25, 0.3) is 0 Å². The van der Waals surface area contributed by atoms with Gasteiger partial charge in [-0.25, -0.2) is 0 Å². The summed E-state index contributed by atoms with van der Waals surface area (Å²) in [4.78, 5) is 11.5. The summed E-state index contributed by atoms with van der Waals surface area (Å²) in [6, 6.07) is 3.99. The van der Waals surface area contributed by atoms with Gasteiger partial charge in [0.25, 0.3) is 0 Å². The second-order valence-corrected chi connectivity index (χ2v) is 5.59. The van der Waals surface area contributed by atoms with E-state index in [1.165, 1.54) is 16.7 Å². The van der Waals surface area contributed by atoms with Crippen LogP contribution in [0.5, 0.6) is 0 Å². The first kappa shape index (κ1) is 12.2. The van der Waals surface area contributed by atoms with Crippen molar-refractivity contribution in [1.29, 1.82) is 0 Å². The molecule has 2 atom stereocenters. The number of benzene rings is 1. The number of rotatable bonds is 2. The average molecular weight is 231 g/mol. The van der Waals surface area contributed by atoms with E-state index in [0.29, 0.717) is 17.8 Å². The zero-order chi connectivity index (χ0) is 12.7. The molecule has 1 aromatic rings. The maximum absolute atomic E-state index is 11.5. The standard InChI is InChI=1S/C15H21NO/c1-8(2)11-5-6-12(15(16)17)14-10(4)7-9(3)13(11)14/h5-6,8-10H,7H2,1-4H3,(H2,16,17). The van der Waals surface area contributed by atoms with Crippen LogP contribution in [-0.4, -0.2) is 5.91 Å². The predicted molar refractivity (Wildman–Crippen MR) is 70.5 cm³/mol. The third-order valence-corrected chi connectivity index (χ3v) is 3.90. The molecule has 0 aromatic heterocycles. The lowest BCUT2D eigenvalue weighted by molar-refractivity contribution is 0.0999. The Labute approximate surface area is 103 Å². The summed E-state index contributed by atoms with van der Waals surface area (Å²) in [6.45, 7) is 8.85. The van der Waals surface area contributed by atoms with Crippen molar-refractivity contribution in [3.63, 3.8) is 0 Å². The highest BCUT2D eigenvalue weighted by Crippen LogP contribution is 2.46. The summed E-state index contributed by atoms with van der Waals surface area (Å²) in [5, 5.41) is 0. The molecule has 2 N–H and O–H groups in total. The Morgan fingerprint density at radius 2 is 1.82 bits per heavy atom. The number of nitrogens with two attached hydrogens (primary N) is 1. The van der Waals surface area contributed by atoms with E-state index in [-0.39, 0.29) is 5.91 Å². The average Bonchev–Trinajstić information content (AvgIpc) is 2.54. The van der Waals surface area contributed by atoms with Crippen LogP contribution >= 0.6 is 0 Å². The first-order valence-electron chi connectivity index (χ1n) is 6.40. The first-order chi connectivity index (χ1) is 7.93. The van der Waals surface area contributed by atoms with E-state index in [9.17, 15) is 4.79 Å². The minimum atomic E-state index is -0.294. The number of primary amides is 1. The third-order valence-electron chi connectivity index (χ3n) is 3.90. The van der Waals surface area contributed by atoms with Gasteiger partial charge in [-0.1, -0.05) is 33.8 Å². The Hall–Kier alpha value is -1.31. The Bertz CT molecular complexity index is 462. The molecule has 0 saturated carbocycles. The lowest BCUT2D eigenvalue weighted by Crippen LogP contribution is -2.15. The van der Waals surface area contributed by atoms with Gasteiger partial charge in [-0.2, -0.15) is 0 Å². The van der Waals surface area contributed by atoms with Crippen LogP contribution in [0.4, 0.5) is 0 Å². The molecular formula is C15H21NO. The Morgan fingerprint density at radius 3 is 2.35 bits per heavy atom. The SMILES string of the molecule is CC(C)c1ccc(C(N)=O)c2c1C(C)CC2C. The molecule has 0 spiro atoms. The second kappa shape index (κ2) is 4.17. The van der Waals surface area contributed by atoms with Crippen LogP contribution in [0.3, 0.4) is 0 Å². The summed E-state index contributed by atoms with van der Waals surface area (Å²) in [6.07, 6.45) is 1.12. The van der Waals surface area contributed by atoms with E-state index in [4.69, 9.17) is 5.73 Å². The van der Waals surface area contributed by atoms with Crippen LogP contribution in [0, 0.1) is 0 Å². The summed E-state index contributed by atoms with van der Waals surface area (Å²) >= 11 is 0. The molecule has 0 aliphatic heterocycles. The van der Waals surface area contributed by atoms with E-state index in [0.717, 1.165) is 12.0 Å². The van der Waals surface area contributed by atoms with Gasteiger partial charge >= 0.3 is 0 Å². The van der Waals surface area contributed by atoms with Crippen molar-refractivity contribution >= 4 is 5.91 Å². The van der Waals surface area contributed by atoms with Crippen molar-refractivity contribution < 1.29 is 4.79 Å². The molecule has 0 fully saturated rings. The molecule has 1 aliphatic rings. The van der Waals surface area contributed by atoms with Crippen molar-refractivity contribution in [2.45, 2.75) is 51.9 Å². The molecule has 1 aromatic carbocycles. The largest absolute Gasteiger partial charge is 0.366 e. The van der Waals surface area contributed by atoms with Gasteiger partial charge in [0.15, 0.2) is 0 Å². The fraction of sp³-hybridized carbons (Fsp3) is 0.533. The van der Waals surface area contributed by atoms with Gasteiger partial charge in [-0.3, -0.25) is 4.79 Å². The Kier molecular flexibility index (Phi) is 2.98. The highest BCUT2D eigenvalue weighted by Gasteiger charge is 2.31. The van der Waals surface area contributed by atoms with E-state index < -0.39 is 0 Å². The van der Waals surface area contributed by atoms with Crippen molar-refractivity contribution in [3.8, 4) is 0 Å². The fourth-order valence-corrected chi connectivity index (χ4v) is 3.22. The fourth-order valence-electron chi connectivity index (χ4n) is 3.22. The maximum atomic E-state index is 11.5.